The summed E-state index contributed by atoms with van der Waals surface area (Å²) >= 11 is 3.39. The summed E-state index contributed by atoms with van der Waals surface area (Å²) < 4.78 is 1.06. The van der Waals surface area contributed by atoms with E-state index in [4.69, 9.17) is 5.11 Å². The van der Waals surface area contributed by atoms with Gasteiger partial charge in [-0.25, -0.2) is 0 Å². The molecule has 0 amide bonds. The lowest BCUT2D eigenvalue weighted by Gasteiger charge is -2.00. The molecule has 0 atom stereocenters. The summed E-state index contributed by atoms with van der Waals surface area (Å²) in [4.78, 5) is 0. The second kappa shape index (κ2) is 4.43. The van der Waals surface area contributed by atoms with Crippen LogP contribution in [0, 0.1) is 0 Å². The first-order valence-electron chi connectivity index (χ1n) is 3.77. The minimum absolute atomic E-state index is 0.0956. The molecule has 0 bridgehead atoms. The smallest absolute Gasteiger partial charge is 0.0618 e. The Morgan fingerprint density at radius 2 is 2.33 bits per heavy atom. The van der Waals surface area contributed by atoms with Gasteiger partial charge in [0.25, 0.3) is 0 Å². The maximum absolute atomic E-state index is 8.68. The van der Waals surface area contributed by atoms with Gasteiger partial charge in [-0.1, -0.05) is 34.1 Å². The van der Waals surface area contributed by atoms with Crippen LogP contribution < -0.4 is 0 Å². The molecule has 1 aromatic carbocycles. The van der Waals surface area contributed by atoms with Crippen molar-refractivity contribution in [2.75, 3.05) is 6.61 Å². The van der Waals surface area contributed by atoms with Crippen molar-refractivity contribution >= 4 is 21.5 Å². The molecule has 0 aliphatic carbocycles. The highest BCUT2D eigenvalue weighted by Crippen LogP contribution is 2.18. The average molecular weight is 227 g/mol. The van der Waals surface area contributed by atoms with Gasteiger partial charge in [-0.2, -0.15) is 0 Å². The zero-order valence-electron chi connectivity index (χ0n) is 6.92. The number of benzene rings is 1. The van der Waals surface area contributed by atoms with Crippen LogP contribution in [0.4, 0.5) is 0 Å². The molecule has 0 spiro atoms. The van der Waals surface area contributed by atoms with E-state index in [1.54, 1.807) is 6.08 Å². The molecule has 0 unspecified atom stereocenters. The fraction of sp³-hybridized carbons (Fsp3) is 0.200. The van der Waals surface area contributed by atoms with Crippen LogP contribution in [0.5, 0.6) is 0 Å². The molecule has 1 N–H and O–H groups in total. The standard InChI is InChI=1S/C10H11BrO/c1-8(5-6-12)9-3-2-4-10(11)7-9/h2-5,7,12H,6H2,1H3/b8-5-. The molecule has 2 heteroatoms. The third-order valence-corrected chi connectivity index (χ3v) is 2.17. The molecule has 0 heterocycles. The van der Waals surface area contributed by atoms with E-state index in [9.17, 15) is 0 Å². The summed E-state index contributed by atoms with van der Waals surface area (Å²) in [7, 11) is 0. The Labute approximate surface area is 80.9 Å². The van der Waals surface area contributed by atoms with Crippen LogP contribution in [-0.4, -0.2) is 11.7 Å². The highest BCUT2D eigenvalue weighted by atomic mass is 79.9. The van der Waals surface area contributed by atoms with Crippen LogP contribution in [0.1, 0.15) is 12.5 Å². The average Bonchev–Trinajstić information content (AvgIpc) is 2.05. The minimum atomic E-state index is 0.0956. The quantitative estimate of drug-likeness (QED) is 0.823. The number of hydrogen-bond donors (Lipinski definition) is 1. The second-order valence-corrected chi connectivity index (χ2v) is 3.50. The van der Waals surface area contributed by atoms with Crippen molar-refractivity contribution in [3.05, 3.63) is 40.4 Å². The lowest BCUT2D eigenvalue weighted by atomic mass is 10.1. The zero-order chi connectivity index (χ0) is 8.97. The molecule has 0 aliphatic rings. The summed E-state index contributed by atoms with van der Waals surface area (Å²) in [6, 6.07) is 8.01. The Morgan fingerprint density at radius 3 is 2.92 bits per heavy atom. The number of allylic oxidation sites excluding steroid dienone is 1. The molecular weight excluding hydrogens is 216 g/mol. The van der Waals surface area contributed by atoms with Crippen LogP contribution in [0.25, 0.3) is 5.57 Å². The highest BCUT2D eigenvalue weighted by molar-refractivity contribution is 9.10. The van der Waals surface area contributed by atoms with E-state index in [1.807, 2.05) is 31.2 Å². The topological polar surface area (TPSA) is 20.2 Å². The molecule has 0 saturated heterocycles. The Bertz CT molecular complexity index is 292. The Morgan fingerprint density at radius 1 is 1.58 bits per heavy atom. The third kappa shape index (κ3) is 2.47. The van der Waals surface area contributed by atoms with Crippen LogP contribution in [0.2, 0.25) is 0 Å². The molecular formula is C10H11BrO. The molecule has 12 heavy (non-hydrogen) atoms. The maximum Gasteiger partial charge on any atom is 0.0618 e. The summed E-state index contributed by atoms with van der Waals surface area (Å²) in [5.74, 6) is 0. The molecule has 64 valence electrons. The van der Waals surface area contributed by atoms with Crippen LogP contribution >= 0.6 is 15.9 Å². The number of rotatable bonds is 2. The molecule has 0 saturated carbocycles. The van der Waals surface area contributed by atoms with Gasteiger partial charge in [-0.15, -0.1) is 0 Å². The first kappa shape index (κ1) is 9.49. The van der Waals surface area contributed by atoms with Gasteiger partial charge in [-0.3, -0.25) is 0 Å². The summed E-state index contributed by atoms with van der Waals surface area (Å²) in [6.07, 6.45) is 1.79. The van der Waals surface area contributed by atoms with Gasteiger partial charge in [0, 0.05) is 4.47 Å². The van der Waals surface area contributed by atoms with Crippen molar-refractivity contribution < 1.29 is 5.11 Å². The zero-order valence-corrected chi connectivity index (χ0v) is 8.51. The van der Waals surface area contributed by atoms with Gasteiger partial charge in [0.1, 0.15) is 0 Å². The van der Waals surface area contributed by atoms with E-state index in [0.29, 0.717) is 0 Å². The van der Waals surface area contributed by atoms with Crippen molar-refractivity contribution in [2.24, 2.45) is 0 Å². The van der Waals surface area contributed by atoms with Gasteiger partial charge < -0.3 is 5.11 Å². The molecule has 0 radical (unpaired) electrons. The molecule has 1 rings (SSSR count). The van der Waals surface area contributed by atoms with Gasteiger partial charge in [-0.05, 0) is 30.2 Å². The van der Waals surface area contributed by atoms with Crippen molar-refractivity contribution in [1.82, 2.24) is 0 Å². The van der Waals surface area contributed by atoms with Crippen LogP contribution in [0.3, 0.4) is 0 Å². The first-order valence-corrected chi connectivity index (χ1v) is 4.57. The molecule has 1 aromatic rings. The molecule has 0 aliphatic heterocycles. The normalized spacial score (nSPS) is 11.8. The molecule has 1 nitrogen and oxygen atoms in total. The van der Waals surface area contributed by atoms with E-state index in [-0.39, 0.29) is 6.61 Å². The number of aliphatic hydroxyl groups excluding tert-OH is 1. The van der Waals surface area contributed by atoms with E-state index in [2.05, 4.69) is 15.9 Å². The Balaban J connectivity index is 2.95. The lowest BCUT2D eigenvalue weighted by molar-refractivity contribution is 0.343. The lowest BCUT2D eigenvalue weighted by Crippen LogP contribution is -1.81. The Hall–Kier alpha value is -0.600. The highest BCUT2D eigenvalue weighted by Gasteiger charge is 1.94. The molecule has 0 fully saturated rings. The number of hydrogen-bond acceptors (Lipinski definition) is 1. The number of halogens is 1. The summed E-state index contributed by atoms with van der Waals surface area (Å²) in [5.41, 5.74) is 2.23. The minimum Gasteiger partial charge on any atom is -0.392 e. The van der Waals surface area contributed by atoms with Crippen LogP contribution in [-0.2, 0) is 0 Å². The number of aliphatic hydroxyl groups is 1. The predicted octanol–water partition coefficient (Wildman–Crippen LogP) is 2.84. The van der Waals surface area contributed by atoms with E-state index >= 15 is 0 Å². The van der Waals surface area contributed by atoms with E-state index in [1.165, 1.54) is 0 Å². The van der Waals surface area contributed by atoms with Crippen molar-refractivity contribution in [2.45, 2.75) is 6.92 Å². The van der Waals surface area contributed by atoms with Crippen molar-refractivity contribution in [3.8, 4) is 0 Å². The van der Waals surface area contributed by atoms with Gasteiger partial charge in [0.05, 0.1) is 6.61 Å². The largest absolute Gasteiger partial charge is 0.392 e. The van der Waals surface area contributed by atoms with E-state index < -0.39 is 0 Å². The van der Waals surface area contributed by atoms with Crippen molar-refractivity contribution in [3.63, 3.8) is 0 Å². The predicted molar refractivity (Wildman–Crippen MR) is 54.9 cm³/mol. The first-order chi connectivity index (χ1) is 5.74. The van der Waals surface area contributed by atoms with Crippen molar-refractivity contribution in [1.29, 1.82) is 0 Å². The van der Waals surface area contributed by atoms with Gasteiger partial charge >= 0.3 is 0 Å². The second-order valence-electron chi connectivity index (χ2n) is 2.58. The van der Waals surface area contributed by atoms with Crippen LogP contribution in [0.15, 0.2) is 34.8 Å². The van der Waals surface area contributed by atoms with Gasteiger partial charge in [0.15, 0.2) is 0 Å². The summed E-state index contributed by atoms with van der Waals surface area (Å²) in [6.45, 7) is 2.08. The summed E-state index contributed by atoms with van der Waals surface area (Å²) in [5, 5.41) is 8.68. The fourth-order valence-corrected chi connectivity index (χ4v) is 1.39. The third-order valence-electron chi connectivity index (χ3n) is 1.68. The Kier molecular flexibility index (Phi) is 3.50. The SMILES string of the molecule is C/C(=C/CO)c1cccc(Br)c1. The van der Waals surface area contributed by atoms with E-state index in [0.717, 1.165) is 15.6 Å². The maximum atomic E-state index is 8.68. The monoisotopic (exact) mass is 226 g/mol. The fourth-order valence-electron chi connectivity index (χ4n) is 0.989. The molecule has 0 aromatic heterocycles. The van der Waals surface area contributed by atoms with Gasteiger partial charge in [0.2, 0.25) is 0 Å².